The fourth-order valence-corrected chi connectivity index (χ4v) is 1.77. The topological polar surface area (TPSA) is 69.7 Å². The van der Waals surface area contributed by atoms with Gasteiger partial charge in [0.1, 0.15) is 17.2 Å². The van der Waals surface area contributed by atoms with Gasteiger partial charge in [0.05, 0.1) is 14.2 Å². The van der Waals surface area contributed by atoms with Crippen LogP contribution < -0.4 is 19.5 Å². The molecule has 6 heteroatoms. The lowest BCUT2D eigenvalue weighted by Gasteiger charge is -2.10. The lowest BCUT2D eigenvalue weighted by atomic mass is 10.3. The van der Waals surface area contributed by atoms with Gasteiger partial charge < -0.3 is 19.5 Å². The standard InChI is InChI=1S/C16H18N2O4/c1-20-13-6-14(21-2)8-15(7-13)22-11-16(19)18-10-12-4-3-5-17-9-12/h3-9H,10-11H2,1-2H3,(H,18,19). The molecule has 2 aromatic rings. The minimum Gasteiger partial charge on any atom is -0.496 e. The van der Waals surface area contributed by atoms with Crippen LogP contribution in [0.3, 0.4) is 0 Å². The first-order valence-corrected chi connectivity index (χ1v) is 6.72. The molecule has 0 saturated heterocycles. The lowest BCUT2D eigenvalue weighted by Crippen LogP contribution is -2.28. The van der Waals surface area contributed by atoms with Crippen molar-refractivity contribution in [2.75, 3.05) is 20.8 Å². The molecule has 6 nitrogen and oxygen atoms in total. The highest BCUT2D eigenvalue weighted by Crippen LogP contribution is 2.27. The zero-order chi connectivity index (χ0) is 15.8. The summed E-state index contributed by atoms with van der Waals surface area (Å²) in [5.74, 6) is 1.49. The smallest absolute Gasteiger partial charge is 0.258 e. The van der Waals surface area contributed by atoms with Gasteiger partial charge in [0.2, 0.25) is 0 Å². The Morgan fingerprint density at radius 2 is 1.82 bits per heavy atom. The zero-order valence-corrected chi connectivity index (χ0v) is 12.5. The maximum Gasteiger partial charge on any atom is 0.258 e. The average Bonchev–Trinajstić information content (AvgIpc) is 2.58. The molecule has 2 rings (SSSR count). The number of nitrogens with one attached hydrogen (secondary N) is 1. The molecule has 1 aromatic heterocycles. The van der Waals surface area contributed by atoms with E-state index < -0.39 is 0 Å². The second-order valence-electron chi connectivity index (χ2n) is 4.48. The molecular formula is C16H18N2O4. The molecule has 1 aromatic carbocycles. The number of nitrogens with zero attached hydrogens (tertiary/aromatic N) is 1. The third kappa shape index (κ3) is 4.66. The van der Waals surface area contributed by atoms with Gasteiger partial charge in [-0.15, -0.1) is 0 Å². The van der Waals surface area contributed by atoms with Crippen LogP contribution in [0.25, 0.3) is 0 Å². The normalized spacial score (nSPS) is 9.91. The maximum atomic E-state index is 11.8. The van der Waals surface area contributed by atoms with Gasteiger partial charge in [0.25, 0.3) is 5.91 Å². The van der Waals surface area contributed by atoms with E-state index in [-0.39, 0.29) is 12.5 Å². The number of hydrogen-bond donors (Lipinski definition) is 1. The van der Waals surface area contributed by atoms with Crippen LogP contribution in [-0.2, 0) is 11.3 Å². The molecule has 1 N–H and O–H groups in total. The molecule has 1 amide bonds. The van der Waals surface area contributed by atoms with Crippen molar-refractivity contribution in [1.82, 2.24) is 10.3 Å². The first-order chi connectivity index (χ1) is 10.7. The summed E-state index contributed by atoms with van der Waals surface area (Å²) in [6.45, 7) is 0.327. The van der Waals surface area contributed by atoms with Gasteiger partial charge in [0.15, 0.2) is 6.61 Å². The summed E-state index contributed by atoms with van der Waals surface area (Å²) in [5.41, 5.74) is 0.930. The number of amides is 1. The summed E-state index contributed by atoms with van der Waals surface area (Å²) in [7, 11) is 3.11. The SMILES string of the molecule is COc1cc(OC)cc(OCC(=O)NCc2cccnc2)c1. The van der Waals surface area contributed by atoms with E-state index in [0.29, 0.717) is 23.8 Å². The van der Waals surface area contributed by atoms with Crippen molar-refractivity contribution in [3.63, 3.8) is 0 Å². The number of ether oxygens (including phenoxy) is 3. The Bertz CT molecular complexity index is 595. The molecule has 0 spiro atoms. The minimum absolute atomic E-state index is 0.0867. The van der Waals surface area contributed by atoms with E-state index in [1.807, 2.05) is 12.1 Å². The largest absolute Gasteiger partial charge is 0.496 e. The van der Waals surface area contributed by atoms with Crippen molar-refractivity contribution in [3.05, 3.63) is 48.3 Å². The second kappa shape index (κ2) is 7.87. The number of carbonyl (C=O) groups excluding carboxylic acids is 1. The fourth-order valence-electron chi connectivity index (χ4n) is 1.77. The Morgan fingerprint density at radius 3 is 2.41 bits per heavy atom. The van der Waals surface area contributed by atoms with E-state index in [9.17, 15) is 4.79 Å². The van der Waals surface area contributed by atoms with Crippen LogP contribution in [-0.4, -0.2) is 31.7 Å². The van der Waals surface area contributed by atoms with Crippen LogP contribution in [0.15, 0.2) is 42.7 Å². The first kappa shape index (κ1) is 15.6. The highest BCUT2D eigenvalue weighted by atomic mass is 16.5. The molecule has 0 aliphatic carbocycles. The van der Waals surface area contributed by atoms with E-state index in [0.717, 1.165) is 5.56 Å². The van der Waals surface area contributed by atoms with E-state index in [1.165, 1.54) is 0 Å². The predicted octanol–water partition coefficient (Wildman–Crippen LogP) is 1.79. The molecular weight excluding hydrogens is 284 g/mol. The van der Waals surface area contributed by atoms with E-state index in [2.05, 4.69) is 10.3 Å². The summed E-state index contributed by atoms with van der Waals surface area (Å²) in [6, 6.07) is 8.82. The number of benzene rings is 1. The van der Waals surface area contributed by atoms with Gasteiger partial charge in [0, 0.05) is 37.1 Å². The van der Waals surface area contributed by atoms with Crippen molar-refractivity contribution < 1.29 is 19.0 Å². The molecule has 0 radical (unpaired) electrons. The summed E-state index contributed by atoms with van der Waals surface area (Å²) >= 11 is 0. The van der Waals surface area contributed by atoms with Gasteiger partial charge in [-0.3, -0.25) is 9.78 Å². The number of carbonyl (C=O) groups is 1. The predicted molar refractivity (Wildman–Crippen MR) is 81.1 cm³/mol. The third-order valence-electron chi connectivity index (χ3n) is 2.91. The average molecular weight is 302 g/mol. The van der Waals surface area contributed by atoms with Gasteiger partial charge >= 0.3 is 0 Å². The molecule has 0 saturated carbocycles. The quantitative estimate of drug-likeness (QED) is 0.844. The van der Waals surface area contributed by atoms with Crippen LogP contribution in [0.5, 0.6) is 17.2 Å². The van der Waals surface area contributed by atoms with E-state index in [1.54, 1.807) is 44.8 Å². The van der Waals surface area contributed by atoms with Crippen molar-refractivity contribution >= 4 is 5.91 Å². The van der Waals surface area contributed by atoms with Crippen LogP contribution in [0, 0.1) is 0 Å². The molecule has 0 aliphatic heterocycles. The molecule has 116 valence electrons. The molecule has 1 heterocycles. The summed E-state index contributed by atoms with van der Waals surface area (Å²) in [6.07, 6.45) is 3.39. The Morgan fingerprint density at radius 1 is 1.14 bits per heavy atom. The van der Waals surface area contributed by atoms with Crippen LogP contribution >= 0.6 is 0 Å². The van der Waals surface area contributed by atoms with Crippen molar-refractivity contribution in [2.45, 2.75) is 6.54 Å². The number of hydrogen-bond acceptors (Lipinski definition) is 5. The second-order valence-corrected chi connectivity index (χ2v) is 4.48. The number of rotatable bonds is 7. The van der Waals surface area contributed by atoms with Gasteiger partial charge in [-0.2, -0.15) is 0 Å². The van der Waals surface area contributed by atoms with Gasteiger partial charge in [-0.1, -0.05) is 6.07 Å². The van der Waals surface area contributed by atoms with Crippen molar-refractivity contribution in [3.8, 4) is 17.2 Å². The Kier molecular flexibility index (Phi) is 5.59. The highest BCUT2D eigenvalue weighted by Gasteiger charge is 2.06. The van der Waals surface area contributed by atoms with Crippen LogP contribution in [0.2, 0.25) is 0 Å². The van der Waals surface area contributed by atoms with E-state index >= 15 is 0 Å². The highest BCUT2D eigenvalue weighted by molar-refractivity contribution is 5.77. The molecule has 0 atom stereocenters. The summed E-state index contributed by atoms with van der Waals surface area (Å²) in [4.78, 5) is 15.8. The monoisotopic (exact) mass is 302 g/mol. The zero-order valence-electron chi connectivity index (χ0n) is 12.5. The van der Waals surface area contributed by atoms with Gasteiger partial charge in [-0.05, 0) is 11.6 Å². The number of pyridine rings is 1. The lowest BCUT2D eigenvalue weighted by molar-refractivity contribution is -0.123. The van der Waals surface area contributed by atoms with Crippen LogP contribution in [0.1, 0.15) is 5.56 Å². The van der Waals surface area contributed by atoms with Gasteiger partial charge in [-0.25, -0.2) is 0 Å². The summed E-state index contributed by atoms with van der Waals surface area (Å²) in [5, 5.41) is 2.76. The molecule has 0 aliphatic rings. The Labute approximate surface area is 129 Å². The minimum atomic E-state index is -0.217. The number of aromatic nitrogens is 1. The molecule has 0 unspecified atom stereocenters. The third-order valence-corrected chi connectivity index (χ3v) is 2.91. The van der Waals surface area contributed by atoms with Crippen molar-refractivity contribution in [2.24, 2.45) is 0 Å². The Hall–Kier alpha value is -2.76. The first-order valence-electron chi connectivity index (χ1n) is 6.72. The van der Waals surface area contributed by atoms with Crippen LogP contribution in [0.4, 0.5) is 0 Å². The Balaban J connectivity index is 1.85. The fraction of sp³-hybridized carbons (Fsp3) is 0.250. The molecule has 0 bridgehead atoms. The van der Waals surface area contributed by atoms with Crippen molar-refractivity contribution in [1.29, 1.82) is 0 Å². The molecule has 0 fully saturated rings. The summed E-state index contributed by atoms with van der Waals surface area (Å²) < 4.78 is 15.7. The number of methoxy groups -OCH3 is 2. The molecule has 22 heavy (non-hydrogen) atoms. The maximum absolute atomic E-state index is 11.8. The van der Waals surface area contributed by atoms with E-state index in [4.69, 9.17) is 14.2 Å².